The average Bonchev–Trinajstić information content (AvgIpc) is 2.34. The second kappa shape index (κ2) is 7.63. The monoisotopic (exact) mass is 228 g/mol. The van der Waals surface area contributed by atoms with Crippen molar-refractivity contribution in [3.8, 4) is 0 Å². The number of amides is 1. The van der Waals surface area contributed by atoms with E-state index in [1.54, 1.807) is 0 Å². The normalized spacial score (nSPS) is 18.5. The molecule has 1 atom stereocenters. The molecule has 1 unspecified atom stereocenters. The summed E-state index contributed by atoms with van der Waals surface area (Å²) in [4.78, 5) is 13.9. The van der Waals surface area contributed by atoms with E-state index in [1.807, 2.05) is 11.8 Å². The van der Waals surface area contributed by atoms with Crippen LogP contribution in [-0.2, 0) is 9.53 Å². The van der Waals surface area contributed by atoms with Crippen LogP contribution in [0.15, 0.2) is 0 Å². The molecule has 1 N–H and O–H groups in total. The molecule has 1 heterocycles. The minimum Gasteiger partial charge on any atom is -0.378 e. The number of carbonyl (C=O) groups is 1. The fraction of sp³-hybridized carbons (Fsp3) is 0.917. The molecule has 16 heavy (non-hydrogen) atoms. The van der Waals surface area contributed by atoms with Crippen LogP contribution in [0.3, 0.4) is 0 Å². The van der Waals surface area contributed by atoms with Gasteiger partial charge in [-0.05, 0) is 19.9 Å². The first kappa shape index (κ1) is 13.5. The van der Waals surface area contributed by atoms with Gasteiger partial charge in [-0.25, -0.2) is 0 Å². The molecule has 0 radical (unpaired) electrons. The quantitative estimate of drug-likeness (QED) is 0.690. The van der Waals surface area contributed by atoms with E-state index in [4.69, 9.17) is 4.74 Å². The van der Waals surface area contributed by atoms with Crippen molar-refractivity contribution in [2.24, 2.45) is 0 Å². The molecule has 0 saturated carbocycles. The molecular formula is C12H24N2O2. The lowest BCUT2D eigenvalue weighted by molar-refractivity contribution is -0.137. The maximum atomic E-state index is 12.0. The first-order chi connectivity index (χ1) is 7.75. The molecule has 1 saturated heterocycles. The third-order valence-corrected chi connectivity index (χ3v) is 2.92. The molecule has 0 aromatic carbocycles. The molecule has 94 valence electrons. The molecule has 1 aliphatic rings. The zero-order valence-electron chi connectivity index (χ0n) is 10.5. The van der Waals surface area contributed by atoms with Gasteiger partial charge in [-0.15, -0.1) is 0 Å². The molecule has 0 bridgehead atoms. The van der Waals surface area contributed by atoms with E-state index in [9.17, 15) is 4.79 Å². The molecule has 0 aromatic heterocycles. The predicted molar refractivity (Wildman–Crippen MR) is 64.4 cm³/mol. The van der Waals surface area contributed by atoms with Gasteiger partial charge in [0, 0.05) is 13.1 Å². The lowest BCUT2D eigenvalue weighted by Crippen LogP contribution is -2.49. The molecule has 1 amide bonds. The topological polar surface area (TPSA) is 41.6 Å². The van der Waals surface area contributed by atoms with Crippen LogP contribution in [0.25, 0.3) is 0 Å². The van der Waals surface area contributed by atoms with Gasteiger partial charge in [0.2, 0.25) is 5.91 Å². The summed E-state index contributed by atoms with van der Waals surface area (Å²) < 4.78 is 5.23. The SMILES string of the molecule is CCCCCNC(C)C(=O)N1CCOCC1. The zero-order chi connectivity index (χ0) is 11.8. The van der Waals surface area contributed by atoms with Crippen LogP contribution in [0.5, 0.6) is 0 Å². The molecule has 0 aliphatic carbocycles. The van der Waals surface area contributed by atoms with E-state index in [-0.39, 0.29) is 11.9 Å². The summed E-state index contributed by atoms with van der Waals surface area (Å²) >= 11 is 0. The fourth-order valence-electron chi connectivity index (χ4n) is 1.84. The Balaban J connectivity index is 2.18. The van der Waals surface area contributed by atoms with Crippen LogP contribution in [0, 0.1) is 0 Å². The molecule has 4 heteroatoms. The number of hydrogen-bond acceptors (Lipinski definition) is 3. The highest BCUT2D eigenvalue weighted by molar-refractivity contribution is 5.81. The third-order valence-electron chi connectivity index (χ3n) is 2.92. The van der Waals surface area contributed by atoms with Gasteiger partial charge in [-0.1, -0.05) is 19.8 Å². The number of nitrogens with zero attached hydrogens (tertiary/aromatic N) is 1. The summed E-state index contributed by atoms with van der Waals surface area (Å²) in [6, 6.07) is -0.0602. The van der Waals surface area contributed by atoms with Gasteiger partial charge in [-0.2, -0.15) is 0 Å². The molecule has 0 spiro atoms. The van der Waals surface area contributed by atoms with Gasteiger partial charge in [0.15, 0.2) is 0 Å². The Morgan fingerprint density at radius 2 is 2.06 bits per heavy atom. The highest BCUT2D eigenvalue weighted by atomic mass is 16.5. The van der Waals surface area contributed by atoms with Crippen molar-refractivity contribution >= 4 is 5.91 Å². The van der Waals surface area contributed by atoms with Gasteiger partial charge < -0.3 is 15.0 Å². The second-order valence-corrected chi connectivity index (χ2v) is 4.32. The Morgan fingerprint density at radius 3 is 2.69 bits per heavy atom. The van der Waals surface area contributed by atoms with Crippen molar-refractivity contribution in [2.75, 3.05) is 32.8 Å². The lowest BCUT2D eigenvalue weighted by Gasteiger charge is -2.29. The van der Waals surface area contributed by atoms with Crippen LogP contribution in [0.4, 0.5) is 0 Å². The molecular weight excluding hydrogens is 204 g/mol. The summed E-state index contributed by atoms with van der Waals surface area (Å²) in [5, 5.41) is 3.28. The van der Waals surface area contributed by atoms with Crippen molar-refractivity contribution in [3.05, 3.63) is 0 Å². The Hall–Kier alpha value is -0.610. The van der Waals surface area contributed by atoms with Gasteiger partial charge >= 0.3 is 0 Å². The molecule has 1 rings (SSSR count). The fourth-order valence-corrected chi connectivity index (χ4v) is 1.84. The Kier molecular flexibility index (Phi) is 6.42. The van der Waals surface area contributed by atoms with E-state index >= 15 is 0 Å². The molecule has 4 nitrogen and oxygen atoms in total. The van der Waals surface area contributed by atoms with Gasteiger partial charge in [0.25, 0.3) is 0 Å². The Labute approximate surface area is 98.3 Å². The van der Waals surface area contributed by atoms with Crippen LogP contribution >= 0.6 is 0 Å². The Morgan fingerprint density at radius 1 is 1.38 bits per heavy atom. The van der Waals surface area contributed by atoms with Crippen LogP contribution in [-0.4, -0.2) is 49.7 Å². The number of ether oxygens (including phenoxy) is 1. The number of hydrogen-bond donors (Lipinski definition) is 1. The minimum absolute atomic E-state index is 0.0602. The first-order valence-corrected chi connectivity index (χ1v) is 6.35. The molecule has 1 aliphatic heterocycles. The number of carbonyl (C=O) groups excluding carboxylic acids is 1. The first-order valence-electron chi connectivity index (χ1n) is 6.35. The number of nitrogens with one attached hydrogen (secondary N) is 1. The van der Waals surface area contributed by atoms with Crippen molar-refractivity contribution in [3.63, 3.8) is 0 Å². The van der Waals surface area contributed by atoms with Gasteiger partial charge in [0.05, 0.1) is 19.3 Å². The summed E-state index contributed by atoms with van der Waals surface area (Å²) in [5.41, 5.74) is 0. The number of morpholine rings is 1. The summed E-state index contributed by atoms with van der Waals surface area (Å²) in [7, 11) is 0. The Bertz CT molecular complexity index is 203. The van der Waals surface area contributed by atoms with Crippen LogP contribution in [0.1, 0.15) is 33.1 Å². The standard InChI is InChI=1S/C12H24N2O2/c1-3-4-5-6-13-11(2)12(15)14-7-9-16-10-8-14/h11,13H,3-10H2,1-2H3. The van der Waals surface area contributed by atoms with Crippen LogP contribution < -0.4 is 5.32 Å². The maximum Gasteiger partial charge on any atom is 0.239 e. The largest absolute Gasteiger partial charge is 0.378 e. The molecule has 1 fully saturated rings. The second-order valence-electron chi connectivity index (χ2n) is 4.32. The van der Waals surface area contributed by atoms with Gasteiger partial charge in [-0.3, -0.25) is 4.79 Å². The highest BCUT2D eigenvalue weighted by Crippen LogP contribution is 2.01. The summed E-state index contributed by atoms with van der Waals surface area (Å²) in [6.07, 6.45) is 3.59. The smallest absolute Gasteiger partial charge is 0.239 e. The number of unbranched alkanes of at least 4 members (excludes halogenated alkanes) is 2. The van der Waals surface area contributed by atoms with E-state index in [0.717, 1.165) is 26.1 Å². The van der Waals surface area contributed by atoms with Crippen molar-refractivity contribution in [1.82, 2.24) is 10.2 Å². The third kappa shape index (κ3) is 4.49. The van der Waals surface area contributed by atoms with Gasteiger partial charge in [0.1, 0.15) is 0 Å². The highest BCUT2D eigenvalue weighted by Gasteiger charge is 2.21. The lowest BCUT2D eigenvalue weighted by atomic mass is 10.2. The van der Waals surface area contributed by atoms with Crippen molar-refractivity contribution in [1.29, 1.82) is 0 Å². The summed E-state index contributed by atoms with van der Waals surface area (Å²) in [5.74, 6) is 0.208. The number of rotatable bonds is 6. The van der Waals surface area contributed by atoms with E-state index in [1.165, 1.54) is 12.8 Å². The van der Waals surface area contributed by atoms with Crippen LogP contribution in [0.2, 0.25) is 0 Å². The zero-order valence-corrected chi connectivity index (χ0v) is 10.5. The van der Waals surface area contributed by atoms with Crippen molar-refractivity contribution < 1.29 is 9.53 Å². The molecule has 0 aromatic rings. The maximum absolute atomic E-state index is 12.0. The van der Waals surface area contributed by atoms with Crippen molar-refractivity contribution in [2.45, 2.75) is 39.2 Å². The minimum atomic E-state index is -0.0602. The van der Waals surface area contributed by atoms with E-state index < -0.39 is 0 Å². The van der Waals surface area contributed by atoms with E-state index in [2.05, 4.69) is 12.2 Å². The predicted octanol–water partition coefficient (Wildman–Crippen LogP) is 1.01. The average molecular weight is 228 g/mol. The summed E-state index contributed by atoms with van der Waals surface area (Å²) in [6.45, 7) is 7.89. The van der Waals surface area contributed by atoms with E-state index in [0.29, 0.717) is 13.2 Å².